The van der Waals surface area contributed by atoms with Crippen molar-refractivity contribution in [2.45, 2.75) is 26.9 Å². The molecule has 2 aromatic carbocycles. The number of halogens is 1. The topological polar surface area (TPSA) is 9.23 Å². The minimum absolute atomic E-state index is 0.564. The molecule has 2 aromatic rings. The zero-order valence-electron chi connectivity index (χ0n) is 10.7. The molecule has 0 aliphatic rings. The second-order valence-corrected chi connectivity index (χ2v) is 4.70. The Hall–Kier alpha value is -1.47. The highest BCUT2D eigenvalue weighted by molar-refractivity contribution is 6.32. The van der Waals surface area contributed by atoms with Crippen molar-refractivity contribution < 1.29 is 4.74 Å². The second-order valence-electron chi connectivity index (χ2n) is 4.30. The van der Waals surface area contributed by atoms with Gasteiger partial charge >= 0.3 is 0 Å². The molecule has 0 fully saturated rings. The Bertz CT molecular complexity index is 514. The summed E-state index contributed by atoms with van der Waals surface area (Å²) in [5, 5.41) is 0.670. The summed E-state index contributed by atoms with van der Waals surface area (Å²) in [6, 6.07) is 14.1. The minimum Gasteiger partial charge on any atom is -0.487 e. The molecule has 2 heteroatoms. The standard InChI is InChI=1S/C16H17ClO/c1-3-13-8-4-5-9-14(13)11-18-16-12(2)7-6-10-15(16)17/h4-10H,3,11H2,1-2H3. The van der Waals surface area contributed by atoms with Crippen LogP contribution in [0.3, 0.4) is 0 Å². The van der Waals surface area contributed by atoms with E-state index in [1.165, 1.54) is 11.1 Å². The van der Waals surface area contributed by atoms with Crippen molar-refractivity contribution in [2.24, 2.45) is 0 Å². The maximum Gasteiger partial charge on any atom is 0.141 e. The number of para-hydroxylation sites is 1. The van der Waals surface area contributed by atoms with Gasteiger partial charge in [0.2, 0.25) is 0 Å². The maximum atomic E-state index is 6.14. The summed E-state index contributed by atoms with van der Waals surface area (Å²) >= 11 is 6.14. The zero-order valence-corrected chi connectivity index (χ0v) is 11.5. The minimum atomic E-state index is 0.564. The zero-order chi connectivity index (χ0) is 13.0. The first-order chi connectivity index (χ1) is 8.72. The van der Waals surface area contributed by atoms with Crippen LogP contribution in [0.2, 0.25) is 5.02 Å². The van der Waals surface area contributed by atoms with Gasteiger partial charge in [0, 0.05) is 0 Å². The molecule has 0 aliphatic carbocycles. The van der Waals surface area contributed by atoms with E-state index in [1.54, 1.807) is 0 Å². The van der Waals surface area contributed by atoms with Crippen LogP contribution in [-0.4, -0.2) is 0 Å². The summed E-state index contributed by atoms with van der Waals surface area (Å²) in [7, 11) is 0. The van der Waals surface area contributed by atoms with Gasteiger partial charge < -0.3 is 4.74 Å². The molecule has 0 bridgehead atoms. The molecule has 0 saturated heterocycles. The third kappa shape index (κ3) is 2.85. The van der Waals surface area contributed by atoms with Crippen LogP contribution in [-0.2, 0) is 13.0 Å². The Morgan fingerprint density at radius 1 is 1.00 bits per heavy atom. The van der Waals surface area contributed by atoms with Crippen LogP contribution in [0.15, 0.2) is 42.5 Å². The quantitative estimate of drug-likeness (QED) is 0.768. The van der Waals surface area contributed by atoms with Crippen LogP contribution in [0.5, 0.6) is 5.75 Å². The Labute approximate surface area is 113 Å². The van der Waals surface area contributed by atoms with Gasteiger partial charge in [0.1, 0.15) is 12.4 Å². The number of hydrogen-bond donors (Lipinski definition) is 0. The molecule has 0 heterocycles. The first-order valence-electron chi connectivity index (χ1n) is 6.17. The van der Waals surface area contributed by atoms with Gasteiger partial charge in [-0.2, -0.15) is 0 Å². The number of benzene rings is 2. The van der Waals surface area contributed by atoms with Crippen molar-refractivity contribution in [1.82, 2.24) is 0 Å². The van der Waals surface area contributed by atoms with Crippen molar-refractivity contribution in [3.8, 4) is 5.75 Å². The van der Waals surface area contributed by atoms with Gasteiger partial charge in [-0.1, -0.05) is 54.9 Å². The van der Waals surface area contributed by atoms with Crippen LogP contribution >= 0.6 is 11.6 Å². The highest BCUT2D eigenvalue weighted by Crippen LogP contribution is 2.28. The summed E-state index contributed by atoms with van der Waals surface area (Å²) in [6.07, 6.45) is 1.01. The fraction of sp³-hybridized carbons (Fsp3) is 0.250. The van der Waals surface area contributed by atoms with E-state index in [4.69, 9.17) is 16.3 Å². The normalized spacial score (nSPS) is 10.4. The molecule has 0 saturated carbocycles. The number of hydrogen-bond acceptors (Lipinski definition) is 1. The molecule has 2 rings (SSSR count). The van der Waals surface area contributed by atoms with E-state index in [0.717, 1.165) is 17.7 Å². The lowest BCUT2D eigenvalue weighted by Gasteiger charge is -2.12. The van der Waals surface area contributed by atoms with Crippen molar-refractivity contribution in [2.75, 3.05) is 0 Å². The molecule has 1 nitrogen and oxygen atoms in total. The highest BCUT2D eigenvalue weighted by atomic mass is 35.5. The summed E-state index contributed by atoms with van der Waals surface area (Å²) in [5.41, 5.74) is 3.61. The van der Waals surface area contributed by atoms with Crippen LogP contribution in [0.1, 0.15) is 23.6 Å². The average molecular weight is 261 g/mol. The lowest BCUT2D eigenvalue weighted by atomic mass is 10.1. The van der Waals surface area contributed by atoms with Crippen molar-refractivity contribution >= 4 is 11.6 Å². The van der Waals surface area contributed by atoms with E-state index in [2.05, 4.69) is 25.1 Å². The maximum absolute atomic E-state index is 6.14. The van der Waals surface area contributed by atoms with Crippen LogP contribution in [0.25, 0.3) is 0 Å². The van der Waals surface area contributed by atoms with Gasteiger partial charge in [-0.3, -0.25) is 0 Å². The lowest BCUT2D eigenvalue weighted by Crippen LogP contribution is -2.00. The average Bonchev–Trinajstić information content (AvgIpc) is 2.38. The Kier molecular flexibility index (Phi) is 4.27. The molecule has 94 valence electrons. The smallest absolute Gasteiger partial charge is 0.141 e. The molecule has 0 amide bonds. The Balaban J connectivity index is 2.16. The van der Waals surface area contributed by atoms with E-state index in [0.29, 0.717) is 11.6 Å². The number of aryl methyl sites for hydroxylation is 2. The fourth-order valence-corrected chi connectivity index (χ4v) is 2.27. The van der Waals surface area contributed by atoms with Gasteiger partial charge in [-0.05, 0) is 36.1 Å². The molecule has 0 aliphatic heterocycles. The third-order valence-corrected chi connectivity index (χ3v) is 3.33. The largest absolute Gasteiger partial charge is 0.487 e. The highest BCUT2D eigenvalue weighted by Gasteiger charge is 2.06. The van der Waals surface area contributed by atoms with Crippen LogP contribution < -0.4 is 4.74 Å². The predicted octanol–water partition coefficient (Wildman–Crippen LogP) is 4.79. The molecule has 0 spiro atoms. The van der Waals surface area contributed by atoms with Gasteiger partial charge in [0.15, 0.2) is 0 Å². The van der Waals surface area contributed by atoms with Gasteiger partial charge in [-0.15, -0.1) is 0 Å². The predicted molar refractivity (Wildman–Crippen MR) is 76.3 cm³/mol. The summed E-state index contributed by atoms with van der Waals surface area (Å²) in [4.78, 5) is 0. The molecule has 0 aromatic heterocycles. The van der Waals surface area contributed by atoms with Gasteiger partial charge in [0.05, 0.1) is 5.02 Å². The monoisotopic (exact) mass is 260 g/mol. The van der Waals surface area contributed by atoms with Crippen LogP contribution in [0, 0.1) is 6.92 Å². The fourth-order valence-electron chi connectivity index (χ4n) is 1.99. The molecule has 0 radical (unpaired) electrons. The molecule has 18 heavy (non-hydrogen) atoms. The first-order valence-corrected chi connectivity index (χ1v) is 6.55. The molecule has 0 N–H and O–H groups in total. The molecule has 0 unspecified atom stereocenters. The first kappa shape index (κ1) is 13.0. The van der Waals surface area contributed by atoms with E-state index in [-0.39, 0.29) is 0 Å². The van der Waals surface area contributed by atoms with E-state index in [1.807, 2.05) is 31.2 Å². The Morgan fingerprint density at radius 2 is 1.72 bits per heavy atom. The molecular formula is C16H17ClO. The van der Waals surface area contributed by atoms with E-state index >= 15 is 0 Å². The summed E-state index contributed by atoms with van der Waals surface area (Å²) < 4.78 is 5.86. The molecule has 0 atom stereocenters. The Morgan fingerprint density at radius 3 is 2.39 bits per heavy atom. The van der Waals surface area contributed by atoms with Crippen molar-refractivity contribution in [3.63, 3.8) is 0 Å². The van der Waals surface area contributed by atoms with Crippen molar-refractivity contribution in [1.29, 1.82) is 0 Å². The summed E-state index contributed by atoms with van der Waals surface area (Å²) in [5.74, 6) is 0.782. The van der Waals surface area contributed by atoms with Gasteiger partial charge in [-0.25, -0.2) is 0 Å². The van der Waals surface area contributed by atoms with Crippen molar-refractivity contribution in [3.05, 3.63) is 64.2 Å². The lowest BCUT2D eigenvalue weighted by molar-refractivity contribution is 0.303. The SMILES string of the molecule is CCc1ccccc1COc1c(C)cccc1Cl. The molecular weight excluding hydrogens is 244 g/mol. The second kappa shape index (κ2) is 5.92. The summed E-state index contributed by atoms with van der Waals surface area (Å²) in [6.45, 7) is 4.72. The van der Waals surface area contributed by atoms with Gasteiger partial charge in [0.25, 0.3) is 0 Å². The number of ether oxygens (including phenoxy) is 1. The van der Waals surface area contributed by atoms with E-state index in [9.17, 15) is 0 Å². The van der Waals surface area contributed by atoms with Crippen LogP contribution in [0.4, 0.5) is 0 Å². The number of rotatable bonds is 4. The van der Waals surface area contributed by atoms with E-state index < -0.39 is 0 Å². The third-order valence-electron chi connectivity index (χ3n) is 3.04.